The highest BCUT2D eigenvalue weighted by atomic mass is 16.6. The van der Waals surface area contributed by atoms with Crippen molar-refractivity contribution in [2.45, 2.75) is 79.8 Å². The molecule has 0 aromatic rings. The quantitative estimate of drug-likeness (QED) is 0.683. The average molecular weight is 268 g/mol. The number of carbonyl (C=O) groups excluding carboxylic acids is 1. The normalized spacial score (nSPS) is 25.5. The van der Waals surface area contributed by atoms with Gasteiger partial charge in [-0.1, -0.05) is 33.6 Å². The molecule has 2 heteroatoms. The summed E-state index contributed by atoms with van der Waals surface area (Å²) in [5.74, 6) is 1.58. The molecule has 1 fully saturated rings. The number of esters is 1. The van der Waals surface area contributed by atoms with Gasteiger partial charge in [-0.05, 0) is 58.3 Å². The van der Waals surface area contributed by atoms with E-state index in [1.165, 1.54) is 25.7 Å². The lowest BCUT2D eigenvalue weighted by atomic mass is 9.75. The van der Waals surface area contributed by atoms with E-state index in [0.717, 1.165) is 5.92 Å². The minimum Gasteiger partial charge on any atom is -0.459 e. The summed E-state index contributed by atoms with van der Waals surface area (Å²) < 4.78 is 5.90. The van der Waals surface area contributed by atoms with Gasteiger partial charge in [-0.2, -0.15) is 0 Å². The van der Waals surface area contributed by atoms with Crippen molar-refractivity contribution in [2.24, 2.45) is 23.2 Å². The molecule has 0 radical (unpaired) electrons. The van der Waals surface area contributed by atoms with Gasteiger partial charge in [0.15, 0.2) is 0 Å². The van der Waals surface area contributed by atoms with Crippen LogP contribution in [0.15, 0.2) is 0 Å². The van der Waals surface area contributed by atoms with Crippen molar-refractivity contribution in [3.05, 3.63) is 0 Å². The van der Waals surface area contributed by atoms with Crippen molar-refractivity contribution >= 4 is 5.97 Å². The first-order valence-corrected chi connectivity index (χ1v) is 7.80. The second kappa shape index (κ2) is 5.85. The van der Waals surface area contributed by atoms with Gasteiger partial charge in [0.2, 0.25) is 0 Å². The largest absolute Gasteiger partial charge is 0.459 e. The molecule has 1 aliphatic rings. The molecule has 1 saturated carbocycles. The van der Waals surface area contributed by atoms with Crippen molar-refractivity contribution in [1.82, 2.24) is 0 Å². The van der Waals surface area contributed by atoms with Gasteiger partial charge >= 0.3 is 5.97 Å². The van der Waals surface area contributed by atoms with Gasteiger partial charge < -0.3 is 4.74 Å². The first-order valence-electron chi connectivity index (χ1n) is 7.80. The van der Waals surface area contributed by atoms with Crippen molar-refractivity contribution in [1.29, 1.82) is 0 Å². The Labute approximate surface area is 119 Å². The number of ether oxygens (including phenoxy) is 1. The molecule has 1 rings (SSSR count). The third-order valence-corrected chi connectivity index (χ3v) is 5.32. The lowest BCUT2D eigenvalue weighted by Crippen LogP contribution is -2.43. The van der Waals surface area contributed by atoms with Crippen LogP contribution in [0.5, 0.6) is 0 Å². The van der Waals surface area contributed by atoms with Crippen LogP contribution in [0.2, 0.25) is 0 Å². The molecule has 0 aromatic carbocycles. The monoisotopic (exact) mass is 268 g/mol. The van der Waals surface area contributed by atoms with Crippen LogP contribution in [0.1, 0.15) is 74.1 Å². The van der Waals surface area contributed by atoms with Crippen LogP contribution in [0, 0.1) is 23.2 Å². The Morgan fingerprint density at radius 1 is 1.05 bits per heavy atom. The maximum atomic E-state index is 12.4. The Morgan fingerprint density at radius 3 is 1.95 bits per heavy atom. The van der Waals surface area contributed by atoms with E-state index in [0.29, 0.717) is 11.8 Å². The van der Waals surface area contributed by atoms with Crippen molar-refractivity contribution < 1.29 is 9.53 Å². The van der Waals surface area contributed by atoms with Gasteiger partial charge in [-0.25, -0.2) is 0 Å². The molecule has 0 bridgehead atoms. The zero-order valence-electron chi connectivity index (χ0n) is 13.9. The minimum atomic E-state index is -0.404. The van der Waals surface area contributed by atoms with Crippen LogP contribution < -0.4 is 0 Å². The van der Waals surface area contributed by atoms with Crippen molar-refractivity contribution in [3.8, 4) is 0 Å². The Balaban J connectivity index is 2.66. The smallest absolute Gasteiger partial charge is 0.312 e. The molecule has 112 valence electrons. The predicted octanol–water partition coefficient (Wildman–Crippen LogP) is 4.82. The second-order valence-electron chi connectivity index (χ2n) is 7.83. The Kier molecular flexibility index (Phi) is 5.08. The third-order valence-electron chi connectivity index (χ3n) is 5.32. The van der Waals surface area contributed by atoms with Crippen molar-refractivity contribution in [3.63, 3.8) is 0 Å². The molecule has 0 amide bonds. The molecule has 0 atom stereocenters. The first-order chi connectivity index (χ1) is 8.57. The van der Waals surface area contributed by atoms with E-state index in [4.69, 9.17) is 4.74 Å². The van der Waals surface area contributed by atoms with E-state index >= 15 is 0 Å². The number of carbonyl (C=O) groups is 1. The molecule has 0 aliphatic heterocycles. The maximum Gasteiger partial charge on any atom is 0.312 e. The Morgan fingerprint density at radius 2 is 1.53 bits per heavy atom. The predicted molar refractivity (Wildman–Crippen MR) is 79.9 cm³/mol. The summed E-state index contributed by atoms with van der Waals surface area (Å²) in [5.41, 5.74) is -0.734. The fourth-order valence-corrected chi connectivity index (χ4v) is 2.64. The molecule has 1 aliphatic carbocycles. The van der Waals surface area contributed by atoms with Gasteiger partial charge in [-0.3, -0.25) is 4.79 Å². The Hall–Kier alpha value is -0.530. The third kappa shape index (κ3) is 3.97. The van der Waals surface area contributed by atoms with Gasteiger partial charge in [0, 0.05) is 0 Å². The summed E-state index contributed by atoms with van der Waals surface area (Å²) in [6.07, 6.45) is 4.89. The van der Waals surface area contributed by atoms with Crippen LogP contribution in [0.4, 0.5) is 0 Å². The van der Waals surface area contributed by atoms with Gasteiger partial charge in [-0.15, -0.1) is 0 Å². The minimum absolute atomic E-state index is 0.0499. The molecule has 0 unspecified atom stereocenters. The van der Waals surface area contributed by atoms with Crippen LogP contribution in [0.25, 0.3) is 0 Å². The van der Waals surface area contributed by atoms with Crippen LogP contribution in [-0.2, 0) is 9.53 Å². The lowest BCUT2D eigenvalue weighted by Gasteiger charge is -2.40. The van der Waals surface area contributed by atoms with E-state index in [1.807, 2.05) is 13.8 Å². The fourth-order valence-electron chi connectivity index (χ4n) is 2.64. The number of hydrogen-bond acceptors (Lipinski definition) is 2. The van der Waals surface area contributed by atoms with Gasteiger partial charge in [0.25, 0.3) is 0 Å². The van der Waals surface area contributed by atoms with E-state index in [2.05, 4.69) is 34.6 Å². The summed E-state index contributed by atoms with van der Waals surface area (Å²) in [5, 5.41) is 0. The van der Waals surface area contributed by atoms with Crippen LogP contribution in [-0.4, -0.2) is 11.6 Å². The number of hydrogen-bond donors (Lipinski definition) is 0. The first kappa shape index (κ1) is 16.5. The fraction of sp³-hybridized carbons (Fsp3) is 0.941. The molecule has 0 heterocycles. The SMILES string of the molecule is CC1CCC(C(C)(C)OC(=O)C(C)(C)C(C)C)CC1. The van der Waals surface area contributed by atoms with Crippen LogP contribution >= 0.6 is 0 Å². The molecule has 0 saturated heterocycles. The van der Waals surface area contributed by atoms with Crippen molar-refractivity contribution in [2.75, 3.05) is 0 Å². The molecule has 19 heavy (non-hydrogen) atoms. The highest BCUT2D eigenvalue weighted by Gasteiger charge is 2.40. The van der Waals surface area contributed by atoms with E-state index in [1.54, 1.807) is 0 Å². The molecule has 2 nitrogen and oxygen atoms in total. The van der Waals surface area contributed by atoms with E-state index < -0.39 is 5.41 Å². The van der Waals surface area contributed by atoms with E-state index in [9.17, 15) is 4.79 Å². The molecule has 0 N–H and O–H groups in total. The zero-order chi connectivity index (χ0) is 14.8. The summed E-state index contributed by atoms with van der Waals surface area (Å²) in [7, 11) is 0. The average Bonchev–Trinajstić information content (AvgIpc) is 2.28. The summed E-state index contributed by atoms with van der Waals surface area (Å²) >= 11 is 0. The standard InChI is InChI=1S/C17H32O2/c1-12(2)16(4,5)15(18)19-17(6,7)14-10-8-13(3)9-11-14/h12-14H,8-11H2,1-7H3. The molecule has 0 aromatic heterocycles. The van der Waals surface area contributed by atoms with Crippen LogP contribution in [0.3, 0.4) is 0 Å². The lowest BCUT2D eigenvalue weighted by molar-refractivity contribution is -0.176. The Bertz CT molecular complexity index is 307. The topological polar surface area (TPSA) is 26.3 Å². The highest BCUT2D eigenvalue weighted by molar-refractivity contribution is 5.76. The summed E-state index contributed by atoms with van der Waals surface area (Å²) in [4.78, 5) is 12.4. The molecule has 0 spiro atoms. The second-order valence-corrected chi connectivity index (χ2v) is 7.83. The summed E-state index contributed by atoms with van der Waals surface area (Å²) in [6.45, 7) is 14.6. The molecular weight excluding hydrogens is 236 g/mol. The van der Waals surface area contributed by atoms with Gasteiger partial charge in [0.05, 0.1) is 5.41 Å². The van der Waals surface area contributed by atoms with E-state index in [-0.39, 0.29) is 11.6 Å². The summed E-state index contributed by atoms with van der Waals surface area (Å²) in [6, 6.07) is 0. The highest BCUT2D eigenvalue weighted by Crippen LogP contribution is 2.39. The van der Waals surface area contributed by atoms with Gasteiger partial charge in [0.1, 0.15) is 5.60 Å². The zero-order valence-corrected chi connectivity index (χ0v) is 13.9. The number of rotatable bonds is 4. The maximum absolute atomic E-state index is 12.4. The molecular formula is C17H32O2.